The smallest absolute Gasteiger partial charge is 1.00 e. The summed E-state index contributed by atoms with van der Waals surface area (Å²) in [6, 6.07) is 16.8. The predicted octanol–water partition coefficient (Wildman–Crippen LogP) is -1.49. The van der Waals surface area contributed by atoms with Crippen LogP contribution in [-0.2, 0) is 23.3 Å². The van der Waals surface area contributed by atoms with Crippen molar-refractivity contribution >= 4 is 82.8 Å². The fourth-order valence-electron chi connectivity index (χ4n) is 3.32. The van der Waals surface area contributed by atoms with E-state index in [4.69, 9.17) is 0 Å². The molecule has 2 aromatic carbocycles. The van der Waals surface area contributed by atoms with Crippen molar-refractivity contribution in [2.45, 2.75) is 21.4 Å². The van der Waals surface area contributed by atoms with Crippen molar-refractivity contribution in [1.82, 2.24) is 0 Å². The van der Waals surface area contributed by atoms with Crippen molar-refractivity contribution in [2.75, 3.05) is 0 Å². The monoisotopic (exact) mass is 716 g/mol. The minimum atomic E-state index is 0. The van der Waals surface area contributed by atoms with Crippen LogP contribution in [0.3, 0.4) is 0 Å². The number of thioether (sulfide) groups is 2. The predicted molar refractivity (Wildman–Crippen MR) is 139 cm³/mol. The average molecular weight is 721 g/mol. The molecule has 32 heavy (non-hydrogen) atoms. The van der Waals surface area contributed by atoms with Gasteiger partial charge in [0, 0.05) is 8.32 Å². The molecule has 0 fully saturated rings. The van der Waals surface area contributed by atoms with Crippen molar-refractivity contribution < 1.29 is 48.1 Å². The molecule has 2 unspecified atom stereocenters. The molecular weight excluding hydrogens is 702 g/mol. The summed E-state index contributed by atoms with van der Waals surface area (Å²) < 4.78 is 0.858. The van der Waals surface area contributed by atoms with E-state index in [2.05, 4.69) is 118 Å². The van der Waals surface area contributed by atoms with Crippen LogP contribution >= 0.6 is 55.4 Å². The van der Waals surface area contributed by atoms with E-state index in [0.717, 1.165) is 0 Å². The Morgan fingerprint density at radius 2 is 1.09 bits per heavy atom. The molecule has 0 aromatic heterocycles. The minimum absolute atomic E-state index is 0. The zero-order chi connectivity index (χ0) is 21.3. The van der Waals surface area contributed by atoms with Gasteiger partial charge in [0.25, 0.3) is 0 Å². The van der Waals surface area contributed by atoms with Gasteiger partial charge < -0.3 is 24.8 Å². The fraction of sp³-hybridized carbons (Fsp3) is 0.167. The van der Waals surface area contributed by atoms with Gasteiger partial charge in [-0.25, -0.2) is 0 Å². The van der Waals surface area contributed by atoms with Gasteiger partial charge in [-0.1, -0.05) is 78.1 Å². The van der Waals surface area contributed by atoms with Crippen LogP contribution in [0.4, 0.5) is 0 Å². The molecule has 0 nitrogen and oxygen atoms in total. The van der Waals surface area contributed by atoms with Gasteiger partial charge in [0.1, 0.15) is 0 Å². The molecule has 2 aliphatic carbocycles. The van der Waals surface area contributed by atoms with E-state index >= 15 is 0 Å². The third kappa shape index (κ3) is 6.91. The summed E-state index contributed by atoms with van der Waals surface area (Å²) in [7, 11) is 0. The molecule has 0 bridgehead atoms. The SMILES string of the molecule is BrC1C=C2[C-]=c3ccccc3=C2S1.BrC1C=C2[C-]=c3ccccc3=C2S1.C[Si](C)=[Zr+2].[Cl-].[Cl-]. The molecule has 6 rings (SSSR count). The molecule has 0 amide bonds. The van der Waals surface area contributed by atoms with Crippen LogP contribution in [0.15, 0.2) is 71.8 Å². The van der Waals surface area contributed by atoms with Crippen molar-refractivity contribution in [1.29, 1.82) is 0 Å². The van der Waals surface area contributed by atoms with Gasteiger partial charge in [0.15, 0.2) is 0 Å². The summed E-state index contributed by atoms with van der Waals surface area (Å²) in [5.41, 5.74) is 2.73. The maximum absolute atomic E-state index is 3.57. The van der Waals surface area contributed by atoms with E-state index in [1.165, 1.54) is 41.8 Å². The molecule has 0 N–H and O–H groups in total. The molecule has 2 atom stereocenters. The minimum Gasteiger partial charge on any atom is -1.00 e. The third-order valence-corrected chi connectivity index (χ3v) is 8.15. The molecule has 8 heteroatoms. The number of benzene rings is 2. The zero-order valence-corrected chi connectivity index (χ0v) is 27.0. The Hall–Kier alpha value is 0.740. The molecule has 0 saturated carbocycles. The van der Waals surface area contributed by atoms with E-state index < -0.39 is 0 Å². The summed E-state index contributed by atoms with van der Waals surface area (Å²) in [6.45, 7) is 4.62. The van der Waals surface area contributed by atoms with Crippen LogP contribution in [0.5, 0.6) is 0 Å². The van der Waals surface area contributed by atoms with E-state index in [1.807, 2.05) is 23.5 Å². The van der Waals surface area contributed by atoms with Gasteiger partial charge in [0.05, 0.1) is 0 Å². The van der Waals surface area contributed by atoms with E-state index in [-0.39, 0.29) is 30.2 Å². The fourth-order valence-corrected chi connectivity index (χ4v) is 6.93. The quantitative estimate of drug-likeness (QED) is 0.185. The zero-order valence-electron chi connectivity index (χ0n) is 17.3. The van der Waals surface area contributed by atoms with Crippen LogP contribution in [0.25, 0.3) is 22.0 Å². The molecule has 2 aromatic rings. The van der Waals surface area contributed by atoms with Crippen LogP contribution in [0.2, 0.25) is 13.1 Å². The second-order valence-corrected chi connectivity index (χ2v) is 22.0. The van der Waals surface area contributed by atoms with Crippen LogP contribution in [0.1, 0.15) is 0 Å². The number of alkyl halides is 2. The third-order valence-electron chi connectivity index (χ3n) is 4.43. The molecule has 0 spiro atoms. The first-order chi connectivity index (χ1) is 14.4. The average Bonchev–Trinajstić information content (AvgIpc) is 3.40. The maximum Gasteiger partial charge on any atom is -1.00 e. The molecule has 4 aliphatic rings. The second kappa shape index (κ2) is 13.2. The summed E-state index contributed by atoms with van der Waals surface area (Å²) >= 11 is 12.6. The molecular formula is C24H18Br2Cl2S2SiZr-2. The van der Waals surface area contributed by atoms with Gasteiger partial charge >= 0.3 is 41.9 Å². The van der Waals surface area contributed by atoms with E-state index in [0.29, 0.717) is 8.32 Å². The summed E-state index contributed by atoms with van der Waals surface area (Å²) in [5.74, 6) is 0. The standard InChI is InChI=1S/2C11H6BrS.C2H6Si.2ClH.Zr/c2*12-10-6-8-5-7-3-1-2-4-9(7)11(8)13-10;1-3-2;;;/h2*1-4,6,10H;1-2H3;2*1H;/q2*-1;;;;+2/p-2. The largest absolute Gasteiger partial charge is 1.00 e. The first-order valence-corrected chi connectivity index (χ1v) is 19.2. The Labute approximate surface area is 242 Å². The van der Waals surface area contributed by atoms with Gasteiger partial charge in [0.2, 0.25) is 0 Å². The number of rotatable bonds is 0. The molecule has 2 heterocycles. The Morgan fingerprint density at radius 1 is 0.750 bits per heavy atom. The van der Waals surface area contributed by atoms with E-state index in [9.17, 15) is 0 Å². The Balaban J connectivity index is 0.000000185. The van der Waals surface area contributed by atoms with Crippen molar-refractivity contribution in [3.63, 3.8) is 0 Å². The Bertz CT molecular complexity index is 1240. The molecule has 2 aliphatic heterocycles. The number of hydrogen-bond donors (Lipinski definition) is 0. The van der Waals surface area contributed by atoms with Crippen molar-refractivity contribution in [3.8, 4) is 0 Å². The molecule has 0 saturated heterocycles. The summed E-state index contributed by atoms with van der Waals surface area (Å²) in [5, 5.41) is 5.13. The second-order valence-electron chi connectivity index (χ2n) is 7.10. The van der Waals surface area contributed by atoms with E-state index in [1.54, 1.807) is 23.3 Å². The maximum atomic E-state index is 3.57. The normalized spacial score (nSPS) is 20.1. The topological polar surface area (TPSA) is 0 Å². The molecule has 0 radical (unpaired) electrons. The number of hydrogen-bond acceptors (Lipinski definition) is 2. The van der Waals surface area contributed by atoms with Gasteiger partial charge in [-0.05, 0) is 0 Å². The Kier molecular flexibility index (Phi) is 11.9. The van der Waals surface area contributed by atoms with Gasteiger partial charge in [-0.15, -0.1) is 68.5 Å². The van der Waals surface area contributed by atoms with Gasteiger partial charge in [-0.3, -0.25) is 0 Å². The summed E-state index contributed by atoms with van der Waals surface area (Å²) in [6.07, 6.45) is 11.2. The number of fused-ring (bicyclic) bond motifs is 4. The first kappa shape index (κ1) is 29.0. The summed E-state index contributed by atoms with van der Waals surface area (Å²) in [4.78, 5) is 2.75. The number of halogens is 4. The Morgan fingerprint density at radius 3 is 1.47 bits per heavy atom. The van der Waals surface area contributed by atoms with Crippen molar-refractivity contribution in [2.24, 2.45) is 0 Å². The first-order valence-electron chi connectivity index (χ1n) is 9.46. The van der Waals surface area contributed by atoms with Gasteiger partial charge in [-0.2, -0.15) is 23.5 Å². The van der Waals surface area contributed by atoms with Crippen molar-refractivity contribution in [3.05, 3.63) is 92.7 Å². The molecule has 164 valence electrons. The van der Waals surface area contributed by atoms with Crippen LogP contribution in [0, 0.1) is 0 Å². The van der Waals surface area contributed by atoms with Crippen LogP contribution < -0.4 is 45.7 Å². The van der Waals surface area contributed by atoms with Crippen LogP contribution in [-0.4, -0.2) is 13.8 Å².